The van der Waals surface area contributed by atoms with Crippen LogP contribution < -0.4 is 0 Å². The lowest BCUT2D eigenvalue weighted by atomic mass is 9.76. The van der Waals surface area contributed by atoms with Crippen LogP contribution in [0.1, 0.15) is 25.8 Å². The Labute approximate surface area is 99.8 Å². The minimum Gasteiger partial charge on any atom is -0.299 e. The van der Waals surface area contributed by atoms with E-state index in [9.17, 15) is 0 Å². The number of hydrogen-bond donors (Lipinski definition) is 0. The van der Waals surface area contributed by atoms with Gasteiger partial charge in [0, 0.05) is 0 Å². The van der Waals surface area contributed by atoms with Crippen LogP contribution >= 0.6 is 0 Å². The van der Waals surface area contributed by atoms with Gasteiger partial charge in [-0.25, -0.2) is 0 Å². The molecule has 0 aliphatic rings. The van der Waals surface area contributed by atoms with Gasteiger partial charge in [0.15, 0.2) is 0 Å². The van der Waals surface area contributed by atoms with Crippen molar-refractivity contribution in [3.8, 4) is 0 Å². The van der Waals surface area contributed by atoms with Crippen LogP contribution in [0.15, 0.2) is 43.0 Å². The van der Waals surface area contributed by atoms with Crippen LogP contribution in [-0.2, 0) is 5.54 Å². The maximum Gasteiger partial charge on any atom is 0.0512 e. The van der Waals surface area contributed by atoms with Crippen LogP contribution in [0.5, 0.6) is 0 Å². The first-order chi connectivity index (χ1) is 7.55. The predicted octanol–water partition coefficient (Wildman–Crippen LogP) is 3.68. The van der Waals surface area contributed by atoms with Gasteiger partial charge in [-0.2, -0.15) is 0 Å². The molecule has 0 N–H and O–H groups in total. The van der Waals surface area contributed by atoms with Crippen molar-refractivity contribution >= 4 is 0 Å². The average molecular weight is 217 g/mol. The maximum atomic E-state index is 3.91. The molecule has 0 saturated carbocycles. The zero-order valence-electron chi connectivity index (χ0n) is 10.9. The van der Waals surface area contributed by atoms with Crippen LogP contribution in [0, 0.1) is 5.92 Å². The highest BCUT2D eigenvalue weighted by molar-refractivity contribution is 5.26. The van der Waals surface area contributed by atoms with Gasteiger partial charge in [-0.1, -0.05) is 50.3 Å². The molecule has 16 heavy (non-hydrogen) atoms. The summed E-state index contributed by atoms with van der Waals surface area (Å²) in [7, 11) is 4.30. The Balaban J connectivity index is 3.27. The largest absolute Gasteiger partial charge is 0.299 e. The topological polar surface area (TPSA) is 3.24 Å². The molecular formula is C15H23N. The molecule has 0 heterocycles. The van der Waals surface area contributed by atoms with Gasteiger partial charge in [-0.05, 0) is 32.0 Å². The summed E-state index contributed by atoms with van der Waals surface area (Å²) >= 11 is 0. The van der Waals surface area contributed by atoms with Crippen molar-refractivity contribution in [3.63, 3.8) is 0 Å². The molecule has 1 unspecified atom stereocenters. The summed E-state index contributed by atoms with van der Waals surface area (Å²) in [5.41, 5.74) is 1.43. The second-order valence-corrected chi connectivity index (χ2v) is 4.83. The minimum atomic E-state index is 0.0585. The minimum absolute atomic E-state index is 0.0585. The van der Waals surface area contributed by atoms with Crippen LogP contribution in [0.2, 0.25) is 0 Å². The number of hydrogen-bond acceptors (Lipinski definition) is 1. The Morgan fingerprint density at radius 2 is 1.81 bits per heavy atom. The van der Waals surface area contributed by atoms with Crippen molar-refractivity contribution in [2.24, 2.45) is 5.92 Å². The Morgan fingerprint density at radius 3 is 2.19 bits per heavy atom. The fourth-order valence-corrected chi connectivity index (χ4v) is 2.59. The quantitative estimate of drug-likeness (QED) is 0.680. The van der Waals surface area contributed by atoms with Gasteiger partial charge in [0.1, 0.15) is 0 Å². The highest BCUT2D eigenvalue weighted by Crippen LogP contribution is 2.37. The van der Waals surface area contributed by atoms with Gasteiger partial charge in [0.25, 0.3) is 0 Å². The van der Waals surface area contributed by atoms with Crippen molar-refractivity contribution in [1.29, 1.82) is 0 Å². The number of rotatable bonds is 5. The summed E-state index contributed by atoms with van der Waals surface area (Å²) in [5.74, 6) is 0.544. The number of benzene rings is 1. The van der Waals surface area contributed by atoms with E-state index in [2.05, 4.69) is 69.8 Å². The summed E-state index contributed by atoms with van der Waals surface area (Å²) in [4.78, 5) is 2.31. The van der Waals surface area contributed by atoms with E-state index in [4.69, 9.17) is 0 Å². The van der Waals surface area contributed by atoms with Crippen LogP contribution in [0.4, 0.5) is 0 Å². The van der Waals surface area contributed by atoms with Gasteiger partial charge in [0.05, 0.1) is 5.54 Å². The zero-order valence-corrected chi connectivity index (χ0v) is 10.9. The van der Waals surface area contributed by atoms with Gasteiger partial charge < -0.3 is 0 Å². The molecule has 0 saturated heterocycles. The van der Waals surface area contributed by atoms with E-state index in [0.717, 1.165) is 6.42 Å². The van der Waals surface area contributed by atoms with Crippen molar-refractivity contribution in [1.82, 2.24) is 4.90 Å². The van der Waals surface area contributed by atoms with Crippen LogP contribution in [-0.4, -0.2) is 19.0 Å². The highest BCUT2D eigenvalue weighted by Gasteiger charge is 2.36. The van der Waals surface area contributed by atoms with E-state index in [1.165, 1.54) is 5.56 Å². The standard InChI is InChI=1S/C15H23N/c1-6-12-15(13(2)3,16(4)5)14-10-8-7-9-11-14/h6-11,13H,1,12H2,2-5H3. The van der Waals surface area contributed by atoms with E-state index >= 15 is 0 Å². The zero-order chi connectivity index (χ0) is 12.2. The van der Waals surface area contributed by atoms with E-state index in [1.54, 1.807) is 0 Å². The molecule has 1 nitrogen and oxygen atoms in total. The first-order valence-corrected chi connectivity index (χ1v) is 5.89. The molecule has 1 aromatic carbocycles. The molecule has 0 fully saturated rings. The summed E-state index contributed by atoms with van der Waals surface area (Å²) < 4.78 is 0. The summed E-state index contributed by atoms with van der Waals surface area (Å²) in [6.07, 6.45) is 2.99. The maximum absolute atomic E-state index is 3.91. The molecule has 1 atom stereocenters. The second-order valence-electron chi connectivity index (χ2n) is 4.83. The van der Waals surface area contributed by atoms with Crippen molar-refractivity contribution in [3.05, 3.63) is 48.6 Å². The van der Waals surface area contributed by atoms with Crippen molar-refractivity contribution in [2.75, 3.05) is 14.1 Å². The highest BCUT2D eigenvalue weighted by atomic mass is 15.1. The molecule has 0 spiro atoms. The fraction of sp³-hybridized carbons (Fsp3) is 0.467. The third-order valence-electron chi connectivity index (χ3n) is 3.48. The average Bonchev–Trinajstić information content (AvgIpc) is 2.26. The van der Waals surface area contributed by atoms with E-state index in [0.29, 0.717) is 5.92 Å². The lowest BCUT2D eigenvalue weighted by molar-refractivity contribution is 0.0954. The SMILES string of the molecule is C=CCC(c1ccccc1)(C(C)C)N(C)C. The molecule has 1 heteroatoms. The third-order valence-corrected chi connectivity index (χ3v) is 3.48. The lowest BCUT2D eigenvalue weighted by Crippen LogP contribution is -2.45. The molecule has 0 aliphatic carbocycles. The smallest absolute Gasteiger partial charge is 0.0512 e. The van der Waals surface area contributed by atoms with E-state index < -0.39 is 0 Å². The van der Waals surface area contributed by atoms with Crippen LogP contribution in [0.25, 0.3) is 0 Å². The summed E-state index contributed by atoms with van der Waals surface area (Å²) in [6, 6.07) is 10.7. The Hall–Kier alpha value is -1.08. The van der Waals surface area contributed by atoms with Gasteiger partial charge >= 0.3 is 0 Å². The Kier molecular flexibility index (Phi) is 4.31. The lowest BCUT2D eigenvalue weighted by Gasteiger charge is -2.43. The Bertz CT molecular complexity index is 317. The fourth-order valence-electron chi connectivity index (χ4n) is 2.59. The van der Waals surface area contributed by atoms with Gasteiger partial charge in [0.2, 0.25) is 0 Å². The molecule has 0 aromatic heterocycles. The normalized spacial score (nSPS) is 15.1. The van der Waals surface area contributed by atoms with Gasteiger partial charge in [-0.3, -0.25) is 4.90 Å². The second kappa shape index (κ2) is 5.31. The first-order valence-electron chi connectivity index (χ1n) is 5.89. The monoisotopic (exact) mass is 217 g/mol. The van der Waals surface area contributed by atoms with E-state index in [-0.39, 0.29) is 5.54 Å². The predicted molar refractivity (Wildman–Crippen MR) is 71.5 cm³/mol. The number of nitrogens with zero attached hydrogens (tertiary/aromatic N) is 1. The Morgan fingerprint density at radius 1 is 1.25 bits per heavy atom. The first kappa shape index (κ1) is 13.0. The third kappa shape index (κ3) is 2.19. The summed E-state index contributed by atoms with van der Waals surface area (Å²) in [6.45, 7) is 8.46. The molecule has 1 rings (SSSR count). The molecule has 0 amide bonds. The summed E-state index contributed by atoms with van der Waals surface area (Å²) in [5, 5.41) is 0. The van der Waals surface area contributed by atoms with Crippen LogP contribution in [0.3, 0.4) is 0 Å². The van der Waals surface area contributed by atoms with E-state index in [1.807, 2.05) is 6.08 Å². The molecular weight excluding hydrogens is 194 g/mol. The van der Waals surface area contributed by atoms with Crippen molar-refractivity contribution < 1.29 is 0 Å². The molecule has 1 aromatic rings. The molecule has 0 aliphatic heterocycles. The molecule has 0 bridgehead atoms. The van der Waals surface area contributed by atoms with Crippen molar-refractivity contribution in [2.45, 2.75) is 25.8 Å². The molecule has 0 radical (unpaired) electrons. The van der Waals surface area contributed by atoms with Gasteiger partial charge in [-0.15, -0.1) is 6.58 Å². The molecule has 88 valence electrons.